The van der Waals surface area contributed by atoms with Crippen LogP contribution in [0.1, 0.15) is 55.4 Å². The molecule has 3 N–H and O–H groups in total. The highest BCUT2D eigenvalue weighted by Gasteiger charge is 2.45. The standard InChI is InChI=1S/C25H25N3O6/c1-3-5-6-12-13-9-28-17(7-15-14(23(28)29)10-32-24(30)25(15,31)4-2)21(13)27-16-8-18-22(34-11-33-18)20(26)19(12)16/h7-8,31H,3-6,9-11,26H2,1-2H3. The predicted molar refractivity (Wildman–Crippen MR) is 124 cm³/mol. The molecule has 0 bridgehead atoms. The van der Waals surface area contributed by atoms with Crippen LogP contribution in [0.15, 0.2) is 16.9 Å². The molecule has 1 atom stereocenters. The Morgan fingerprint density at radius 3 is 2.76 bits per heavy atom. The van der Waals surface area contributed by atoms with Gasteiger partial charge in [-0.05, 0) is 30.9 Å². The maximum atomic E-state index is 13.5. The Bertz CT molecular complexity index is 1460. The molecule has 3 aromatic rings. The lowest BCUT2D eigenvalue weighted by molar-refractivity contribution is -0.172. The van der Waals surface area contributed by atoms with Gasteiger partial charge in [-0.3, -0.25) is 4.79 Å². The van der Waals surface area contributed by atoms with Gasteiger partial charge in [-0.15, -0.1) is 0 Å². The van der Waals surface area contributed by atoms with Crippen LogP contribution in [0, 0.1) is 0 Å². The van der Waals surface area contributed by atoms with Gasteiger partial charge in [0.05, 0.1) is 34.7 Å². The van der Waals surface area contributed by atoms with Crippen LogP contribution in [0.2, 0.25) is 0 Å². The summed E-state index contributed by atoms with van der Waals surface area (Å²) >= 11 is 0. The topological polar surface area (TPSA) is 126 Å². The summed E-state index contributed by atoms with van der Waals surface area (Å²) in [6.07, 6.45) is 2.80. The first-order valence-electron chi connectivity index (χ1n) is 11.6. The molecule has 9 heteroatoms. The molecule has 3 aliphatic rings. The normalized spacial score (nSPS) is 19.7. The summed E-state index contributed by atoms with van der Waals surface area (Å²) in [6, 6.07) is 3.55. The number of carbonyl (C=O) groups excluding carboxylic acids is 1. The molecule has 0 saturated heterocycles. The fraction of sp³-hybridized carbons (Fsp3) is 0.400. The largest absolute Gasteiger partial charge is 0.458 e. The average molecular weight is 463 g/mol. The third-order valence-electron chi connectivity index (χ3n) is 7.25. The van der Waals surface area contributed by atoms with Crippen LogP contribution in [0.25, 0.3) is 22.3 Å². The molecule has 0 spiro atoms. The molecule has 0 amide bonds. The summed E-state index contributed by atoms with van der Waals surface area (Å²) < 4.78 is 18.0. The number of unbranched alkanes of at least 4 members (excludes halogenated alkanes) is 1. The number of benzene rings is 1. The van der Waals surface area contributed by atoms with E-state index in [0.29, 0.717) is 51.8 Å². The first-order chi connectivity index (χ1) is 16.4. The number of aromatic nitrogens is 2. The minimum absolute atomic E-state index is 0.0987. The Balaban J connectivity index is 1.65. The number of aryl methyl sites for hydroxylation is 1. The zero-order chi connectivity index (χ0) is 23.8. The highest BCUT2D eigenvalue weighted by molar-refractivity contribution is 6.01. The molecule has 3 aliphatic heterocycles. The van der Waals surface area contributed by atoms with Crippen LogP contribution in [-0.2, 0) is 34.7 Å². The van der Waals surface area contributed by atoms with Crippen molar-refractivity contribution in [2.75, 3.05) is 12.5 Å². The van der Waals surface area contributed by atoms with Crippen LogP contribution in [0.4, 0.5) is 5.69 Å². The number of nitrogens with zero attached hydrogens (tertiary/aromatic N) is 2. The van der Waals surface area contributed by atoms with Gasteiger partial charge in [0.2, 0.25) is 6.79 Å². The summed E-state index contributed by atoms with van der Waals surface area (Å²) in [4.78, 5) is 30.8. The molecule has 176 valence electrons. The van der Waals surface area contributed by atoms with E-state index in [4.69, 9.17) is 24.9 Å². The molecule has 2 aromatic heterocycles. The van der Waals surface area contributed by atoms with Crippen molar-refractivity contribution in [3.8, 4) is 22.9 Å². The first kappa shape index (κ1) is 21.0. The Kier molecular flexibility index (Phi) is 4.44. The number of nitrogen functional groups attached to an aromatic ring is 1. The highest BCUT2D eigenvalue weighted by atomic mass is 16.7. The third kappa shape index (κ3) is 2.61. The van der Waals surface area contributed by atoms with Crippen LogP contribution in [0.5, 0.6) is 11.5 Å². The molecule has 1 unspecified atom stereocenters. The second kappa shape index (κ2) is 7.20. The van der Waals surface area contributed by atoms with Crippen molar-refractivity contribution in [1.82, 2.24) is 9.55 Å². The highest BCUT2D eigenvalue weighted by Crippen LogP contribution is 2.47. The number of ether oxygens (including phenoxy) is 3. The van der Waals surface area contributed by atoms with Gasteiger partial charge in [0.25, 0.3) is 5.56 Å². The fourth-order valence-electron chi connectivity index (χ4n) is 5.36. The van der Waals surface area contributed by atoms with Crippen molar-refractivity contribution in [3.63, 3.8) is 0 Å². The molecule has 5 heterocycles. The monoisotopic (exact) mass is 463 g/mol. The first-order valence-corrected chi connectivity index (χ1v) is 11.6. The van der Waals surface area contributed by atoms with Crippen molar-refractivity contribution in [2.24, 2.45) is 0 Å². The van der Waals surface area contributed by atoms with Gasteiger partial charge in [-0.2, -0.15) is 0 Å². The van der Waals surface area contributed by atoms with Gasteiger partial charge >= 0.3 is 5.97 Å². The number of carbonyl (C=O) groups is 1. The lowest BCUT2D eigenvalue weighted by Crippen LogP contribution is -2.44. The summed E-state index contributed by atoms with van der Waals surface area (Å²) in [7, 11) is 0. The van der Waals surface area contributed by atoms with E-state index in [-0.39, 0.29) is 25.4 Å². The van der Waals surface area contributed by atoms with Crippen LogP contribution in [-0.4, -0.2) is 27.4 Å². The van der Waals surface area contributed by atoms with Gasteiger partial charge in [0.1, 0.15) is 6.61 Å². The zero-order valence-electron chi connectivity index (χ0n) is 19.1. The number of pyridine rings is 2. The van der Waals surface area contributed by atoms with Gasteiger partial charge in [0, 0.05) is 22.6 Å². The summed E-state index contributed by atoms with van der Waals surface area (Å²) in [5.74, 6) is 0.335. The number of fused-ring (bicyclic) bond motifs is 6. The Hall–Kier alpha value is -3.59. The molecule has 0 saturated carbocycles. The number of rotatable bonds is 4. The molecule has 0 aliphatic carbocycles. The van der Waals surface area contributed by atoms with Crippen molar-refractivity contribution in [2.45, 2.75) is 58.3 Å². The molecule has 1 aromatic carbocycles. The number of anilines is 1. The van der Waals surface area contributed by atoms with Gasteiger partial charge in [-0.1, -0.05) is 20.3 Å². The Morgan fingerprint density at radius 2 is 2.00 bits per heavy atom. The van der Waals surface area contributed by atoms with Crippen LogP contribution in [0.3, 0.4) is 0 Å². The van der Waals surface area contributed by atoms with Crippen molar-refractivity contribution < 1.29 is 24.1 Å². The van der Waals surface area contributed by atoms with Gasteiger partial charge in [0.15, 0.2) is 17.1 Å². The number of hydrogen-bond donors (Lipinski definition) is 2. The second-order valence-electron chi connectivity index (χ2n) is 9.04. The second-order valence-corrected chi connectivity index (χ2v) is 9.04. The predicted octanol–water partition coefficient (Wildman–Crippen LogP) is 2.73. The van der Waals surface area contributed by atoms with E-state index in [1.165, 1.54) is 0 Å². The minimum Gasteiger partial charge on any atom is -0.458 e. The van der Waals surface area contributed by atoms with E-state index in [2.05, 4.69) is 6.92 Å². The molecule has 0 radical (unpaired) electrons. The van der Waals surface area contributed by atoms with Crippen LogP contribution >= 0.6 is 0 Å². The van der Waals surface area contributed by atoms with Crippen molar-refractivity contribution in [3.05, 3.63) is 44.7 Å². The number of nitrogens with two attached hydrogens (primary N) is 1. The average Bonchev–Trinajstić information content (AvgIpc) is 3.45. The maximum Gasteiger partial charge on any atom is 0.343 e. The van der Waals surface area contributed by atoms with E-state index in [1.54, 1.807) is 17.6 Å². The lowest BCUT2D eigenvalue weighted by atomic mass is 9.86. The van der Waals surface area contributed by atoms with Crippen molar-refractivity contribution >= 4 is 22.6 Å². The van der Waals surface area contributed by atoms with Crippen LogP contribution < -0.4 is 20.8 Å². The molecule has 34 heavy (non-hydrogen) atoms. The molecule has 0 fully saturated rings. The third-order valence-corrected chi connectivity index (χ3v) is 7.25. The minimum atomic E-state index is -1.86. The van der Waals surface area contributed by atoms with E-state index >= 15 is 0 Å². The van der Waals surface area contributed by atoms with E-state index in [1.807, 2.05) is 6.07 Å². The molecule has 9 nitrogen and oxygen atoms in total. The van der Waals surface area contributed by atoms with E-state index in [0.717, 1.165) is 35.8 Å². The van der Waals surface area contributed by atoms with Gasteiger partial charge in [-0.25, -0.2) is 9.78 Å². The summed E-state index contributed by atoms with van der Waals surface area (Å²) in [6.45, 7) is 4.10. The van der Waals surface area contributed by atoms with E-state index in [9.17, 15) is 14.7 Å². The fourth-order valence-corrected chi connectivity index (χ4v) is 5.36. The number of hydrogen-bond acceptors (Lipinski definition) is 8. The molecular formula is C25H25N3O6. The van der Waals surface area contributed by atoms with Gasteiger partial charge < -0.3 is 29.6 Å². The zero-order valence-corrected chi connectivity index (χ0v) is 19.1. The number of esters is 1. The van der Waals surface area contributed by atoms with Crippen molar-refractivity contribution in [1.29, 1.82) is 0 Å². The SMILES string of the molecule is CCCCc1c2c(nc3cc4c(c(N)c13)OCO4)-c1cc3c(c(=O)n1C2)COC(=O)C3(O)CC. The lowest BCUT2D eigenvalue weighted by Gasteiger charge is -2.31. The molecular weight excluding hydrogens is 438 g/mol. The number of aliphatic hydroxyl groups is 1. The Morgan fingerprint density at radius 1 is 1.18 bits per heavy atom. The maximum absolute atomic E-state index is 13.5. The summed E-state index contributed by atoms with van der Waals surface area (Å²) in [5, 5.41) is 11.9. The Labute approximate surface area is 195 Å². The smallest absolute Gasteiger partial charge is 0.343 e. The van der Waals surface area contributed by atoms with E-state index < -0.39 is 11.6 Å². The molecule has 6 rings (SSSR count). The number of cyclic esters (lactones) is 1. The summed E-state index contributed by atoms with van der Waals surface area (Å²) in [5.41, 5.74) is 9.38. The quantitative estimate of drug-likeness (QED) is 0.350.